The Labute approximate surface area is 169 Å². The van der Waals surface area contributed by atoms with E-state index in [9.17, 15) is 18.8 Å². The molecule has 1 fully saturated rings. The summed E-state index contributed by atoms with van der Waals surface area (Å²) in [5.41, 5.74) is -0.273. The van der Waals surface area contributed by atoms with Crippen LogP contribution in [-0.2, 0) is 9.59 Å². The number of anilines is 1. The van der Waals surface area contributed by atoms with Crippen molar-refractivity contribution >= 4 is 41.4 Å². The van der Waals surface area contributed by atoms with Crippen LogP contribution in [0.25, 0.3) is 6.08 Å². The van der Waals surface area contributed by atoms with E-state index in [1.165, 1.54) is 36.0 Å². The molecule has 1 N–H and O–H groups in total. The van der Waals surface area contributed by atoms with Gasteiger partial charge in [0.2, 0.25) is 0 Å². The van der Waals surface area contributed by atoms with Crippen molar-refractivity contribution in [3.05, 3.63) is 83.9 Å². The number of amides is 4. The summed E-state index contributed by atoms with van der Waals surface area (Å²) in [6.45, 7) is 0. The molecule has 0 saturated carbocycles. The molecule has 0 unspecified atom stereocenters. The number of benzene rings is 2. The first-order valence-corrected chi connectivity index (χ1v) is 9.33. The molecule has 0 radical (unpaired) electrons. The largest absolute Gasteiger partial charge is 0.450 e. The Balaban J connectivity index is 1.61. The quantitative estimate of drug-likeness (QED) is 0.516. The molecule has 4 amide bonds. The van der Waals surface area contributed by atoms with Crippen LogP contribution in [0, 0.1) is 5.82 Å². The zero-order valence-corrected chi connectivity index (χ0v) is 15.6. The number of imide groups is 2. The van der Waals surface area contributed by atoms with E-state index in [2.05, 4.69) is 5.32 Å². The van der Waals surface area contributed by atoms with Gasteiger partial charge < -0.3 is 4.42 Å². The minimum absolute atomic E-state index is 0.0191. The minimum Gasteiger partial charge on any atom is -0.450 e. The summed E-state index contributed by atoms with van der Waals surface area (Å²) in [6.07, 6.45) is 1.26. The maximum absolute atomic E-state index is 13.5. The monoisotopic (exact) mass is 408 g/mol. The van der Waals surface area contributed by atoms with Gasteiger partial charge in [-0.25, -0.2) is 14.1 Å². The van der Waals surface area contributed by atoms with Crippen molar-refractivity contribution in [1.82, 2.24) is 5.32 Å². The van der Waals surface area contributed by atoms with Crippen molar-refractivity contribution in [3.8, 4) is 0 Å². The van der Waals surface area contributed by atoms with Crippen LogP contribution in [0.2, 0.25) is 0 Å². The van der Waals surface area contributed by atoms with Crippen LogP contribution >= 0.6 is 11.8 Å². The Morgan fingerprint density at radius 3 is 2.52 bits per heavy atom. The van der Waals surface area contributed by atoms with E-state index in [0.717, 1.165) is 11.0 Å². The molecular formula is C21H13FN2O4S. The number of carbonyl (C=O) groups excluding carboxylic acids is 3. The molecule has 2 aromatic carbocycles. The van der Waals surface area contributed by atoms with Gasteiger partial charge >= 0.3 is 6.03 Å². The molecule has 4 rings (SSSR count). The fraction of sp³-hybridized carbons (Fsp3) is 0. The van der Waals surface area contributed by atoms with Crippen molar-refractivity contribution in [3.63, 3.8) is 0 Å². The zero-order chi connectivity index (χ0) is 20.4. The number of barbiturate groups is 1. The van der Waals surface area contributed by atoms with Crippen LogP contribution in [-0.4, -0.2) is 17.8 Å². The number of nitrogens with zero attached hydrogens (tertiary/aromatic N) is 1. The Bertz CT molecular complexity index is 1140. The van der Waals surface area contributed by atoms with Crippen molar-refractivity contribution in [1.29, 1.82) is 0 Å². The van der Waals surface area contributed by atoms with Gasteiger partial charge in [-0.3, -0.25) is 14.9 Å². The highest BCUT2D eigenvalue weighted by Crippen LogP contribution is 2.30. The summed E-state index contributed by atoms with van der Waals surface area (Å²) in [6, 6.07) is 16.9. The molecule has 1 aliphatic heterocycles. The van der Waals surface area contributed by atoms with E-state index in [4.69, 9.17) is 4.42 Å². The van der Waals surface area contributed by atoms with Gasteiger partial charge in [0.1, 0.15) is 17.2 Å². The molecule has 2 heterocycles. The van der Waals surface area contributed by atoms with Gasteiger partial charge in [-0.05, 0) is 48.5 Å². The normalized spacial score (nSPS) is 15.7. The summed E-state index contributed by atoms with van der Waals surface area (Å²) in [5.74, 6) is -2.05. The fourth-order valence-electron chi connectivity index (χ4n) is 2.72. The Morgan fingerprint density at radius 1 is 0.966 bits per heavy atom. The lowest BCUT2D eigenvalue weighted by atomic mass is 10.1. The maximum Gasteiger partial charge on any atom is 0.335 e. The second kappa shape index (κ2) is 7.76. The van der Waals surface area contributed by atoms with Crippen molar-refractivity contribution < 1.29 is 23.2 Å². The molecule has 1 aliphatic rings. The second-order valence-corrected chi connectivity index (χ2v) is 7.09. The highest BCUT2D eigenvalue weighted by atomic mass is 32.2. The molecule has 1 aromatic heterocycles. The number of hydrogen-bond acceptors (Lipinski definition) is 5. The van der Waals surface area contributed by atoms with Gasteiger partial charge in [0.05, 0.1) is 5.69 Å². The number of carbonyl (C=O) groups is 3. The maximum atomic E-state index is 13.5. The molecule has 0 spiro atoms. The average Bonchev–Trinajstić information content (AvgIpc) is 3.13. The van der Waals surface area contributed by atoms with Gasteiger partial charge in [-0.1, -0.05) is 36.0 Å². The van der Waals surface area contributed by atoms with Crippen molar-refractivity contribution in [2.24, 2.45) is 0 Å². The molecule has 29 heavy (non-hydrogen) atoms. The average molecular weight is 408 g/mol. The molecule has 144 valence electrons. The first-order valence-electron chi connectivity index (χ1n) is 8.51. The highest BCUT2D eigenvalue weighted by Gasteiger charge is 2.37. The van der Waals surface area contributed by atoms with Crippen LogP contribution in [0.4, 0.5) is 14.9 Å². The number of halogens is 1. The van der Waals surface area contributed by atoms with E-state index in [-0.39, 0.29) is 17.0 Å². The first-order chi connectivity index (χ1) is 14.0. The third kappa shape index (κ3) is 3.97. The number of hydrogen-bond donors (Lipinski definition) is 1. The van der Waals surface area contributed by atoms with E-state index in [1.807, 2.05) is 30.3 Å². The third-order valence-electron chi connectivity index (χ3n) is 4.02. The van der Waals surface area contributed by atoms with Crippen LogP contribution in [0.3, 0.4) is 0 Å². The summed E-state index contributed by atoms with van der Waals surface area (Å²) >= 11 is 1.38. The van der Waals surface area contributed by atoms with E-state index < -0.39 is 23.7 Å². The SMILES string of the molecule is O=C1NC(=O)N(c2cccc(F)c2)C(=O)/C1=C/c1ccc(Sc2ccccc2)o1. The van der Waals surface area contributed by atoms with Gasteiger partial charge in [0.25, 0.3) is 11.8 Å². The molecule has 3 aromatic rings. The first kappa shape index (κ1) is 18.7. The van der Waals surface area contributed by atoms with E-state index >= 15 is 0 Å². The number of urea groups is 1. The van der Waals surface area contributed by atoms with Gasteiger partial charge in [-0.2, -0.15) is 0 Å². The van der Waals surface area contributed by atoms with Crippen LogP contribution in [0.1, 0.15) is 5.76 Å². The third-order valence-corrected chi connectivity index (χ3v) is 4.95. The molecule has 8 heteroatoms. The zero-order valence-electron chi connectivity index (χ0n) is 14.8. The lowest BCUT2D eigenvalue weighted by Crippen LogP contribution is -2.54. The van der Waals surface area contributed by atoms with Crippen LogP contribution in [0.5, 0.6) is 0 Å². The van der Waals surface area contributed by atoms with Gasteiger partial charge in [0.15, 0.2) is 5.09 Å². The second-order valence-electron chi connectivity index (χ2n) is 6.01. The summed E-state index contributed by atoms with van der Waals surface area (Å²) in [7, 11) is 0. The molecular weight excluding hydrogens is 395 g/mol. The lowest BCUT2D eigenvalue weighted by Gasteiger charge is -2.26. The van der Waals surface area contributed by atoms with Crippen molar-refractivity contribution in [2.75, 3.05) is 4.90 Å². The standard InChI is InChI=1S/C21H13FN2O4S/c22-13-5-4-6-14(11-13)24-20(26)17(19(25)23-21(24)27)12-15-9-10-18(28-15)29-16-7-2-1-3-8-16/h1-12H,(H,23,25,27)/b17-12+. The van der Waals surface area contributed by atoms with E-state index in [0.29, 0.717) is 9.99 Å². The van der Waals surface area contributed by atoms with Crippen LogP contribution in [0.15, 0.2) is 86.7 Å². The van der Waals surface area contributed by atoms with E-state index in [1.54, 1.807) is 12.1 Å². The summed E-state index contributed by atoms with van der Waals surface area (Å²) in [4.78, 5) is 38.8. The highest BCUT2D eigenvalue weighted by molar-refractivity contribution is 7.99. The Hall–Kier alpha value is -3.65. The predicted molar refractivity (Wildman–Crippen MR) is 105 cm³/mol. The number of furan rings is 1. The minimum atomic E-state index is -0.942. The van der Waals surface area contributed by atoms with Gasteiger partial charge in [-0.15, -0.1) is 0 Å². The summed E-state index contributed by atoms with van der Waals surface area (Å²) < 4.78 is 19.2. The molecule has 6 nitrogen and oxygen atoms in total. The number of rotatable bonds is 4. The van der Waals surface area contributed by atoms with Crippen molar-refractivity contribution in [2.45, 2.75) is 9.99 Å². The smallest absolute Gasteiger partial charge is 0.335 e. The topological polar surface area (TPSA) is 79.6 Å². The fourth-order valence-corrected chi connectivity index (χ4v) is 3.52. The Kier molecular flexibility index (Phi) is 5.01. The molecule has 0 aliphatic carbocycles. The van der Waals surface area contributed by atoms with Gasteiger partial charge in [0, 0.05) is 4.90 Å². The molecule has 1 saturated heterocycles. The Morgan fingerprint density at radius 2 is 1.76 bits per heavy atom. The lowest BCUT2D eigenvalue weighted by molar-refractivity contribution is -0.122. The summed E-state index contributed by atoms with van der Waals surface area (Å²) in [5, 5.41) is 2.66. The molecule has 0 atom stereocenters. The number of nitrogens with one attached hydrogen (secondary N) is 1. The molecule has 0 bridgehead atoms. The van der Waals surface area contributed by atoms with Crippen LogP contribution < -0.4 is 10.2 Å². The predicted octanol–water partition coefficient (Wildman–Crippen LogP) is 4.24.